The molecule has 1 saturated carbocycles. The Bertz CT molecular complexity index is 382. The molecular weight excluding hydrogens is 276 g/mol. The van der Waals surface area contributed by atoms with E-state index in [-0.39, 0.29) is 0 Å². The van der Waals surface area contributed by atoms with E-state index in [0.717, 1.165) is 10.9 Å². The van der Waals surface area contributed by atoms with Crippen LogP contribution in [0.3, 0.4) is 0 Å². The molecule has 0 N–H and O–H groups in total. The van der Waals surface area contributed by atoms with Gasteiger partial charge in [0.1, 0.15) is 5.78 Å². The molecule has 0 radical (unpaired) electrons. The first kappa shape index (κ1) is 12.8. The Morgan fingerprint density at radius 1 is 1.29 bits per heavy atom. The van der Waals surface area contributed by atoms with Crippen LogP contribution in [-0.4, -0.2) is 5.78 Å². The SMILES string of the molecule is CC(=O)CC1CCCC(c2ccc(Br)cc2)C1. The van der Waals surface area contributed by atoms with Crippen LogP contribution in [0.25, 0.3) is 0 Å². The van der Waals surface area contributed by atoms with Gasteiger partial charge in [-0.1, -0.05) is 34.5 Å². The molecule has 1 aromatic carbocycles. The van der Waals surface area contributed by atoms with E-state index in [0.29, 0.717) is 17.6 Å². The lowest BCUT2D eigenvalue weighted by Crippen LogP contribution is -2.16. The Balaban J connectivity index is 2.01. The van der Waals surface area contributed by atoms with Crippen molar-refractivity contribution in [3.05, 3.63) is 34.3 Å². The van der Waals surface area contributed by atoms with Gasteiger partial charge in [0.2, 0.25) is 0 Å². The third-order valence-electron chi connectivity index (χ3n) is 3.70. The molecule has 0 aromatic heterocycles. The summed E-state index contributed by atoms with van der Waals surface area (Å²) in [5, 5.41) is 0. The maximum atomic E-state index is 11.2. The minimum Gasteiger partial charge on any atom is -0.300 e. The van der Waals surface area contributed by atoms with Crippen molar-refractivity contribution in [2.24, 2.45) is 5.92 Å². The Morgan fingerprint density at radius 2 is 2.00 bits per heavy atom. The average molecular weight is 295 g/mol. The van der Waals surface area contributed by atoms with E-state index in [9.17, 15) is 4.79 Å². The van der Waals surface area contributed by atoms with Crippen molar-refractivity contribution in [1.29, 1.82) is 0 Å². The number of ketones is 1. The molecule has 92 valence electrons. The summed E-state index contributed by atoms with van der Waals surface area (Å²) in [5.74, 6) is 1.60. The van der Waals surface area contributed by atoms with Crippen molar-refractivity contribution >= 4 is 21.7 Å². The fourth-order valence-corrected chi connectivity index (χ4v) is 3.18. The summed E-state index contributed by atoms with van der Waals surface area (Å²) in [6, 6.07) is 8.66. The summed E-state index contributed by atoms with van der Waals surface area (Å²) < 4.78 is 1.14. The molecule has 0 saturated heterocycles. The van der Waals surface area contributed by atoms with Crippen LogP contribution >= 0.6 is 15.9 Å². The van der Waals surface area contributed by atoms with Gasteiger partial charge in [0, 0.05) is 10.9 Å². The lowest BCUT2D eigenvalue weighted by Gasteiger charge is -2.29. The third-order valence-corrected chi connectivity index (χ3v) is 4.23. The summed E-state index contributed by atoms with van der Waals surface area (Å²) in [4.78, 5) is 11.2. The molecule has 2 rings (SSSR count). The zero-order chi connectivity index (χ0) is 12.3. The first-order valence-electron chi connectivity index (χ1n) is 6.40. The predicted molar refractivity (Wildman–Crippen MR) is 74.1 cm³/mol. The summed E-state index contributed by atoms with van der Waals surface area (Å²) in [5.41, 5.74) is 1.43. The van der Waals surface area contributed by atoms with Crippen LogP contribution in [-0.2, 0) is 4.79 Å². The van der Waals surface area contributed by atoms with Crippen molar-refractivity contribution in [2.45, 2.75) is 44.9 Å². The maximum Gasteiger partial charge on any atom is 0.130 e. The van der Waals surface area contributed by atoms with Crippen LogP contribution in [0.4, 0.5) is 0 Å². The molecule has 1 fully saturated rings. The van der Waals surface area contributed by atoms with Gasteiger partial charge in [0.15, 0.2) is 0 Å². The first-order valence-corrected chi connectivity index (χ1v) is 7.19. The number of hydrogen-bond acceptors (Lipinski definition) is 1. The quantitative estimate of drug-likeness (QED) is 0.789. The highest BCUT2D eigenvalue weighted by atomic mass is 79.9. The molecule has 1 aromatic rings. The Morgan fingerprint density at radius 3 is 2.65 bits per heavy atom. The van der Waals surface area contributed by atoms with Crippen molar-refractivity contribution in [2.75, 3.05) is 0 Å². The van der Waals surface area contributed by atoms with Crippen LogP contribution in [0.2, 0.25) is 0 Å². The van der Waals surface area contributed by atoms with Gasteiger partial charge in [-0.25, -0.2) is 0 Å². The van der Waals surface area contributed by atoms with Crippen LogP contribution < -0.4 is 0 Å². The van der Waals surface area contributed by atoms with Crippen molar-refractivity contribution in [3.8, 4) is 0 Å². The van der Waals surface area contributed by atoms with E-state index >= 15 is 0 Å². The average Bonchev–Trinajstić information content (AvgIpc) is 2.29. The van der Waals surface area contributed by atoms with Gasteiger partial charge in [0.05, 0.1) is 0 Å². The highest BCUT2D eigenvalue weighted by Gasteiger charge is 2.23. The molecule has 1 aliphatic rings. The van der Waals surface area contributed by atoms with E-state index in [1.54, 1.807) is 6.92 Å². The van der Waals surface area contributed by atoms with Gasteiger partial charge >= 0.3 is 0 Å². The number of rotatable bonds is 3. The van der Waals surface area contributed by atoms with Crippen molar-refractivity contribution < 1.29 is 4.79 Å². The van der Waals surface area contributed by atoms with E-state index in [4.69, 9.17) is 0 Å². The number of benzene rings is 1. The van der Waals surface area contributed by atoms with Gasteiger partial charge in [-0.15, -0.1) is 0 Å². The molecule has 2 heteroatoms. The van der Waals surface area contributed by atoms with Crippen LogP contribution in [0, 0.1) is 5.92 Å². The standard InChI is InChI=1S/C15H19BrO/c1-11(17)9-12-3-2-4-14(10-12)13-5-7-15(16)8-6-13/h5-8,12,14H,2-4,9-10H2,1H3. The number of Topliss-reactive ketones (excluding diaryl/α,β-unsaturated/α-hetero) is 1. The van der Waals surface area contributed by atoms with Crippen molar-refractivity contribution in [3.63, 3.8) is 0 Å². The number of carbonyl (C=O) groups excluding carboxylic acids is 1. The summed E-state index contributed by atoms with van der Waals surface area (Å²) in [6.45, 7) is 1.71. The van der Waals surface area contributed by atoms with Gasteiger partial charge < -0.3 is 4.79 Å². The highest BCUT2D eigenvalue weighted by Crippen LogP contribution is 2.37. The fraction of sp³-hybridized carbons (Fsp3) is 0.533. The van der Waals surface area contributed by atoms with Gasteiger partial charge in [-0.3, -0.25) is 0 Å². The van der Waals surface area contributed by atoms with Crippen molar-refractivity contribution in [1.82, 2.24) is 0 Å². The second-order valence-electron chi connectivity index (χ2n) is 5.19. The van der Waals surface area contributed by atoms with Gasteiger partial charge in [-0.05, 0) is 55.7 Å². The monoisotopic (exact) mass is 294 g/mol. The predicted octanol–water partition coefficient (Wildman–Crippen LogP) is 4.70. The maximum absolute atomic E-state index is 11.2. The topological polar surface area (TPSA) is 17.1 Å². The fourth-order valence-electron chi connectivity index (χ4n) is 2.92. The molecule has 2 atom stereocenters. The molecule has 0 bridgehead atoms. The normalized spacial score (nSPS) is 24.6. The Kier molecular flexibility index (Phi) is 4.38. The summed E-state index contributed by atoms with van der Waals surface area (Å²) in [6.07, 6.45) is 5.72. The molecule has 1 nitrogen and oxygen atoms in total. The van der Waals surface area contributed by atoms with E-state index in [1.807, 2.05) is 0 Å². The molecule has 0 amide bonds. The van der Waals surface area contributed by atoms with Crippen LogP contribution in [0.5, 0.6) is 0 Å². The van der Waals surface area contributed by atoms with Crippen LogP contribution in [0.1, 0.15) is 50.5 Å². The molecule has 0 heterocycles. The largest absolute Gasteiger partial charge is 0.300 e. The zero-order valence-electron chi connectivity index (χ0n) is 10.3. The number of hydrogen-bond donors (Lipinski definition) is 0. The second-order valence-corrected chi connectivity index (χ2v) is 6.10. The van der Waals surface area contributed by atoms with E-state index in [2.05, 4.69) is 40.2 Å². The van der Waals surface area contributed by atoms with E-state index < -0.39 is 0 Å². The number of halogens is 1. The summed E-state index contributed by atoms with van der Waals surface area (Å²) in [7, 11) is 0. The lowest BCUT2D eigenvalue weighted by atomic mass is 9.76. The Hall–Kier alpha value is -0.630. The molecular formula is C15H19BrO. The van der Waals surface area contributed by atoms with Gasteiger partial charge in [0.25, 0.3) is 0 Å². The minimum absolute atomic E-state index is 0.339. The summed E-state index contributed by atoms with van der Waals surface area (Å²) >= 11 is 3.47. The van der Waals surface area contributed by atoms with E-state index in [1.165, 1.54) is 31.2 Å². The molecule has 0 aliphatic heterocycles. The number of carbonyl (C=O) groups is 1. The molecule has 0 spiro atoms. The Labute approximate surface area is 112 Å². The smallest absolute Gasteiger partial charge is 0.130 e. The molecule has 1 aliphatic carbocycles. The first-order chi connectivity index (χ1) is 8.15. The lowest BCUT2D eigenvalue weighted by molar-refractivity contribution is -0.118. The molecule has 17 heavy (non-hydrogen) atoms. The third kappa shape index (κ3) is 3.67. The zero-order valence-corrected chi connectivity index (χ0v) is 11.9. The second kappa shape index (κ2) is 5.81. The molecule has 2 unspecified atom stereocenters. The highest BCUT2D eigenvalue weighted by molar-refractivity contribution is 9.10. The van der Waals surface area contributed by atoms with Gasteiger partial charge in [-0.2, -0.15) is 0 Å². The van der Waals surface area contributed by atoms with Crippen LogP contribution in [0.15, 0.2) is 28.7 Å². The minimum atomic E-state index is 0.339.